The first kappa shape index (κ1) is 15.2. The van der Waals surface area contributed by atoms with Crippen LogP contribution in [0.1, 0.15) is 31.2 Å². The Morgan fingerprint density at radius 1 is 1.39 bits per heavy atom. The van der Waals surface area contributed by atoms with Gasteiger partial charge in [0, 0.05) is 35.7 Å². The summed E-state index contributed by atoms with van der Waals surface area (Å²) in [5.41, 5.74) is 2.14. The van der Waals surface area contributed by atoms with Crippen molar-refractivity contribution in [1.29, 1.82) is 0 Å². The van der Waals surface area contributed by atoms with E-state index >= 15 is 0 Å². The minimum atomic E-state index is -2.45. The summed E-state index contributed by atoms with van der Waals surface area (Å²) in [6.45, 7) is 2.18. The van der Waals surface area contributed by atoms with Gasteiger partial charge in [0.25, 0.3) is 6.43 Å². The van der Waals surface area contributed by atoms with Crippen LogP contribution < -0.4 is 10.1 Å². The molecule has 1 aromatic carbocycles. The average molecular weight is 323 g/mol. The van der Waals surface area contributed by atoms with E-state index in [1.807, 2.05) is 25.1 Å². The molecule has 3 nitrogen and oxygen atoms in total. The van der Waals surface area contributed by atoms with Gasteiger partial charge in [-0.05, 0) is 37.8 Å². The fourth-order valence-electron chi connectivity index (χ4n) is 4.63. The summed E-state index contributed by atoms with van der Waals surface area (Å²) in [6, 6.07) is 6.24. The molecule has 3 fully saturated rings. The molecule has 0 amide bonds. The molecule has 126 valence electrons. The van der Waals surface area contributed by atoms with Crippen LogP contribution in [0.3, 0.4) is 0 Å². The largest absolute Gasteiger partial charge is 0.487 e. The Balaban J connectivity index is 1.49. The second-order valence-corrected chi connectivity index (χ2v) is 7.14. The first-order chi connectivity index (χ1) is 11.1. The number of fused-ring (bicyclic) bond motifs is 2. The van der Waals surface area contributed by atoms with Gasteiger partial charge in [-0.3, -0.25) is 0 Å². The van der Waals surface area contributed by atoms with Crippen molar-refractivity contribution in [2.45, 2.75) is 51.2 Å². The van der Waals surface area contributed by atoms with E-state index in [9.17, 15) is 8.78 Å². The van der Waals surface area contributed by atoms with E-state index in [1.165, 1.54) is 19.3 Å². The minimum Gasteiger partial charge on any atom is -0.487 e. The van der Waals surface area contributed by atoms with Crippen molar-refractivity contribution in [3.8, 4) is 5.75 Å². The first-order valence-corrected chi connectivity index (χ1v) is 8.50. The molecule has 2 saturated carbocycles. The summed E-state index contributed by atoms with van der Waals surface area (Å²) in [7, 11) is 0. The van der Waals surface area contributed by atoms with Crippen molar-refractivity contribution >= 4 is 5.69 Å². The van der Waals surface area contributed by atoms with E-state index in [-0.39, 0.29) is 0 Å². The van der Waals surface area contributed by atoms with Gasteiger partial charge in [-0.2, -0.15) is 0 Å². The zero-order chi connectivity index (χ0) is 16.0. The van der Waals surface area contributed by atoms with Crippen LogP contribution in [0.15, 0.2) is 18.2 Å². The molecule has 4 rings (SSSR count). The zero-order valence-electron chi connectivity index (χ0n) is 13.4. The fraction of sp³-hybridized carbons (Fsp3) is 0.667. The number of benzene rings is 1. The minimum absolute atomic E-state index is 0.302. The van der Waals surface area contributed by atoms with Gasteiger partial charge in [-0.25, -0.2) is 8.78 Å². The Morgan fingerprint density at radius 3 is 2.91 bits per heavy atom. The predicted molar refractivity (Wildman–Crippen MR) is 84.2 cm³/mol. The van der Waals surface area contributed by atoms with Gasteiger partial charge in [-0.15, -0.1) is 0 Å². The second kappa shape index (κ2) is 5.62. The molecule has 1 N–H and O–H groups in total. The van der Waals surface area contributed by atoms with Crippen LogP contribution in [0, 0.1) is 18.3 Å². The van der Waals surface area contributed by atoms with Gasteiger partial charge in [0.05, 0.1) is 6.10 Å². The highest BCUT2D eigenvalue weighted by Crippen LogP contribution is 2.63. The molecule has 3 aliphatic rings. The third kappa shape index (κ3) is 2.40. The Bertz CT molecular complexity index is 588. The second-order valence-electron chi connectivity index (χ2n) is 7.14. The quantitative estimate of drug-likeness (QED) is 0.888. The van der Waals surface area contributed by atoms with Crippen LogP contribution in [0.5, 0.6) is 5.75 Å². The third-order valence-electron chi connectivity index (χ3n) is 5.91. The Kier molecular flexibility index (Phi) is 3.71. The third-order valence-corrected chi connectivity index (χ3v) is 5.91. The molecular formula is C18H23F2NO2. The molecular weight excluding hydrogens is 300 g/mol. The van der Waals surface area contributed by atoms with Gasteiger partial charge in [0.2, 0.25) is 0 Å². The van der Waals surface area contributed by atoms with Crippen molar-refractivity contribution in [3.05, 3.63) is 23.8 Å². The summed E-state index contributed by atoms with van der Waals surface area (Å²) < 4.78 is 35.9. The first-order valence-electron chi connectivity index (χ1n) is 8.50. The fourth-order valence-corrected chi connectivity index (χ4v) is 4.63. The number of ether oxygens (including phenoxy) is 2. The lowest BCUT2D eigenvalue weighted by molar-refractivity contribution is -0.158. The summed E-state index contributed by atoms with van der Waals surface area (Å²) >= 11 is 0. The smallest absolute Gasteiger partial charge is 0.272 e. The summed E-state index contributed by atoms with van der Waals surface area (Å²) in [5.74, 6) is 1.12. The number of halogens is 2. The number of hydrogen-bond acceptors (Lipinski definition) is 3. The molecule has 1 aliphatic heterocycles. The highest BCUT2D eigenvalue weighted by atomic mass is 19.3. The molecule has 2 aliphatic carbocycles. The van der Waals surface area contributed by atoms with Crippen molar-refractivity contribution in [3.63, 3.8) is 0 Å². The molecule has 3 atom stereocenters. The number of rotatable bonds is 5. The van der Waals surface area contributed by atoms with Crippen LogP contribution in [0.4, 0.5) is 14.5 Å². The summed E-state index contributed by atoms with van der Waals surface area (Å²) in [6.07, 6.45) is 2.83. The lowest BCUT2D eigenvalue weighted by Gasteiger charge is -2.63. The van der Waals surface area contributed by atoms with E-state index in [4.69, 9.17) is 9.47 Å². The van der Waals surface area contributed by atoms with Crippen molar-refractivity contribution in [2.75, 3.05) is 18.5 Å². The van der Waals surface area contributed by atoms with Gasteiger partial charge < -0.3 is 14.8 Å². The van der Waals surface area contributed by atoms with E-state index < -0.39 is 13.0 Å². The van der Waals surface area contributed by atoms with E-state index in [2.05, 4.69) is 5.32 Å². The maximum atomic E-state index is 12.4. The lowest BCUT2D eigenvalue weighted by atomic mass is 9.46. The monoisotopic (exact) mass is 323 g/mol. The maximum Gasteiger partial charge on any atom is 0.272 e. The van der Waals surface area contributed by atoms with Crippen LogP contribution in [-0.2, 0) is 4.74 Å². The number of nitrogens with one attached hydrogen (secondary N) is 1. The van der Waals surface area contributed by atoms with Gasteiger partial charge >= 0.3 is 0 Å². The van der Waals surface area contributed by atoms with Gasteiger partial charge in [0.15, 0.2) is 0 Å². The van der Waals surface area contributed by atoms with Crippen LogP contribution >= 0.6 is 0 Å². The molecule has 5 heteroatoms. The molecule has 1 heterocycles. The van der Waals surface area contributed by atoms with E-state index in [0.29, 0.717) is 29.2 Å². The topological polar surface area (TPSA) is 30.5 Å². The number of hydrogen-bond donors (Lipinski definition) is 1. The molecule has 1 saturated heterocycles. The molecule has 0 radical (unpaired) electrons. The Hall–Kier alpha value is -1.36. The Labute approximate surface area is 135 Å². The molecule has 1 spiro atoms. The molecule has 0 aromatic heterocycles. The van der Waals surface area contributed by atoms with Gasteiger partial charge in [-0.1, -0.05) is 12.5 Å². The SMILES string of the molecule is Cc1ccc(N[C@@H]2[C@@H]3CCO[C@H]3C23CCC3)cc1OCC(F)F. The summed E-state index contributed by atoms with van der Waals surface area (Å²) in [5, 5.41) is 3.65. The van der Waals surface area contributed by atoms with Crippen molar-refractivity contribution < 1.29 is 18.3 Å². The van der Waals surface area contributed by atoms with Crippen molar-refractivity contribution in [2.24, 2.45) is 11.3 Å². The lowest BCUT2D eigenvalue weighted by Crippen LogP contribution is -2.68. The normalized spacial score (nSPS) is 30.7. The molecule has 0 unspecified atom stereocenters. The molecule has 1 aromatic rings. The van der Waals surface area contributed by atoms with Crippen LogP contribution in [0.2, 0.25) is 0 Å². The number of aryl methyl sites for hydroxylation is 1. The summed E-state index contributed by atoms with van der Waals surface area (Å²) in [4.78, 5) is 0. The zero-order valence-corrected chi connectivity index (χ0v) is 13.4. The number of alkyl halides is 2. The number of anilines is 1. The molecule has 0 bridgehead atoms. The standard InChI is InChI=1S/C18H23F2NO2/c1-11-3-4-12(9-14(11)23-10-15(19)20)21-16-13-5-8-22-17(13)18(16)6-2-7-18/h3-4,9,13,15-17,21H,2,5-8,10H2,1H3/t13-,16+,17+/m0/s1. The van der Waals surface area contributed by atoms with Crippen LogP contribution in [-0.4, -0.2) is 31.8 Å². The molecule has 23 heavy (non-hydrogen) atoms. The van der Waals surface area contributed by atoms with E-state index in [0.717, 1.165) is 24.3 Å². The van der Waals surface area contributed by atoms with Crippen LogP contribution in [0.25, 0.3) is 0 Å². The van der Waals surface area contributed by atoms with Crippen molar-refractivity contribution in [1.82, 2.24) is 0 Å². The predicted octanol–water partition coefficient (Wildman–Crippen LogP) is 4.01. The highest BCUT2D eigenvalue weighted by Gasteiger charge is 2.66. The highest BCUT2D eigenvalue weighted by molar-refractivity contribution is 5.53. The van der Waals surface area contributed by atoms with Gasteiger partial charge in [0.1, 0.15) is 12.4 Å². The van der Waals surface area contributed by atoms with E-state index in [1.54, 1.807) is 0 Å². The average Bonchev–Trinajstić information content (AvgIpc) is 2.88. The Morgan fingerprint density at radius 2 is 2.22 bits per heavy atom. The maximum absolute atomic E-state index is 12.4.